The van der Waals surface area contributed by atoms with Gasteiger partial charge in [0.05, 0.1) is 19.8 Å². The van der Waals surface area contributed by atoms with E-state index in [0.29, 0.717) is 0 Å². The first-order valence-corrected chi connectivity index (χ1v) is 8.72. The molecule has 2 fully saturated rings. The molecule has 0 aliphatic carbocycles. The zero-order chi connectivity index (χ0) is 20.4. The third kappa shape index (κ3) is 5.13. The number of aliphatic hydroxyl groups is 6. The van der Waals surface area contributed by atoms with Crippen LogP contribution in [0.3, 0.4) is 0 Å². The molecule has 8 unspecified atom stereocenters. The fraction of sp³-hybridized carbons (Fsp3) is 0.938. The SMILES string of the molecule is CC(C)CC(=O)OC1OC(COC2OCC(O)(CO)C2O)C(O)C(O)C1O. The number of hydrogen-bond acceptors (Lipinski definition) is 11. The molecular formula is C16H28O11. The number of ether oxygens (including phenoxy) is 4. The van der Waals surface area contributed by atoms with Crippen LogP contribution in [0.25, 0.3) is 0 Å². The normalized spacial score (nSPS) is 42.5. The lowest BCUT2D eigenvalue weighted by atomic mass is 9.99. The van der Waals surface area contributed by atoms with E-state index >= 15 is 0 Å². The summed E-state index contributed by atoms with van der Waals surface area (Å²) in [4.78, 5) is 11.8. The molecule has 2 heterocycles. The van der Waals surface area contributed by atoms with Crippen molar-refractivity contribution in [1.82, 2.24) is 0 Å². The third-order valence-corrected chi connectivity index (χ3v) is 4.50. The fourth-order valence-electron chi connectivity index (χ4n) is 2.79. The van der Waals surface area contributed by atoms with Crippen LogP contribution in [0.1, 0.15) is 20.3 Å². The Balaban J connectivity index is 1.94. The minimum Gasteiger partial charge on any atom is -0.433 e. The maximum Gasteiger partial charge on any atom is 0.308 e. The first-order chi connectivity index (χ1) is 12.6. The van der Waals surface area contributed by atoms with Gasteiger partial charge in [-0.2, -0.15) is 0 Å². The van der Waals surface area contributed by atoms with Gasteiger partial charge in [-0.3, -0.25) is 4.79 Å². The number of rotatable bonds is 7. The molecule has 0 aromatic carbocycles. The lowest BCUT2D eigenvalue weighted by Crippen LogP contribution is -2.60. The van der Waals surface area contributed by atoms with Gasteiger partial charge in [0.25, 0.3) is 0 Å². The second-order valence-corrected chi connectivity index (χ2v) is 7.32. The Bertz CT molecular complexity index is 501. The topological polar surface area (TPSA) is 175 Å². The predicted octanol–water partition coefficient (Wildman–Crippen LogP) is -3.16. The van der Waals surface area contributed by atoms with Crippen molar-refractivity contribution in [3.8, 4) is 0 Å². The Kier molecular flexibility index (Phi) is 7.53. The van der Waals surface area contributed by atoms with E-state index in [1.807, 2.05) is 0 Å². The first-order valence-electron chi connectivity index (χ1n) is 8.72. The summed E-state index contributed by atoms with van der Waals surface area (Å²) in [6, 6.07) is 0. The molecule has 2 rings (SSSR count). The highest BCUT2D eigenvalue weighted by molar-refractivity contribution is 5.69. The highest BCUT2D eigenvalue weighted by Crippen LogP contribution is 2.27. The van der Waals surface area contributed by atoms with Crippen LogP contribution in [0, 0.1) is 5.92 Å². The van der Waals surface area contributed by atoms with E-state index in [0.717, 1.165) is 0 Å². The standard InChI is InChI=1S/C16H28O11/c1-7(2)3-9(18)27-14-12(21)11(20)10(19)8(26-14)4-24-15-13(22)16(23,5-17)6-25-15/h7-8,10-15,17,19-23H,3-6H2,1-2H3. The molecule has 2 aliphatic rings. The zero-order valence-corrected chi connectivity index (χ0v) is 15.2. The summed E-state index contributed by atoms with van der Waals surface area (Å²) < 4.78 is 20.7. The molecule has 0 saturated carbocycles. The number of aliphatic hydroxyl groups excluding tert-OH is 5. The van der Waals surface area contributed by atoms with Crippen molar-refractivity contribution in [2.75, 3.05) is 19.8 Å². The quantitative estimate of drug-likeness (QED) is 0.240. The van der Waals surface area contributed by atoms with Crippen LogP contribution in [0.2, 0.25) is 0 Å². The van der Waals surface area contributed by atoms with Crippen molar-refractivity contribution < 1.29 is 54.4 Å². The highest BCUT2D eigenvalue weighted by Gasteiger charge is 2.50. The predicted molar refractivity (Wildman–Crippen MR) is 86.0 cm³/mol. The highest BCUT2D eigenvalue weighted by atomic mass is 16.7. The monoisotopic (exact) mass is 396 g/mol. The molecular weight excluding hydrogens is 368 g/mol. The molecule has 0 bridgehead atoms. The second kappa shape index (κ2) is 9.07. The van der Waals surface area contributed by atoms with E-state index in [-0.39, 0.29) is 18.9 Å². The largest absolute Gasteiger partial charge is 0.433 e. The molecule has 0 aromatic heterocycles. The van der Waals surface area contributed by atoms with E-state index in [9.17, 15) is 30.3 Å². The summed E-state index contributed by atoms with van der Waals surface area (Å²) in [6.07, 6.45) is -10.4. The van der Waals surface area contributed by atoms with Gasteiger partial charge in [0.1, 0.15) is 36.1 Å². The van der Waals surface area contributed by atoms with Crippen LogP contribution in [-0.4, -0.2) is 105 Å². The molecule has 8 atom stereocenters. The number of esters is 1. The Morgan fingerprint density at radius 2 is 1.81 bits per heavy atom. The van der Waals surface area contributed by atoms with E-state index < -0.39 is 67.9 Å². The summed E-state index contributed by atoms with van der Waals surface area (Å²) in [5.41, 5.74) is -1.87. The van der Waals surface area contributed by atoms with Crippen LogP contribution < -0.4 is 0 Å². The zero-order valence-electron chi connectivity index (χ0n) is 15.2. The van der Waals surface area contributed by atoms with Gasteiger partial charge in [-0.25, -0.2) is 0 Å². The molecule has 6 N–H and O–H groups in total. The summed E-state index contributed by atoms with van der Waals surface area (Å²) in [5.74, 6) is -0.626. The number of carbonyl (C=O) groups excluding carboxylic acids is 1. The van der Waals surface area contributed by atoms with Crippen LogP contribution in [0.15, 0.2) is 0 Å². The number of carbonyl (C=O) groups is 1. The Morgan fingerprint density at radius 1 is 1.15 bits per heavy atom. The Morgan fingerprint density at radius 3 is 2.37 bits per heavy atom. The Labute approximate surface area is 156 Å². The minimum atomic E-state index is -1.87. The molecule has 0 amide bonds. The lowest BCUT2D eigenvalue weighted by Gasteiger charge is -2.40. The molecule has 2 aliphatic heterocycles. The van der Waals surface area contributed by atoms with E-state index in [1.54, 1.807) is 13.8 Å². The van der Waals surface area contributed by atoms with Gasteiger partial charge in [0.2, 0.25) is 6.29 Å². The van der Waals surface area contributed by atoms with Crippen molar-refractivity contribution in [2.24, 2.45) is 5.92 Å². The van der Waals surface area contributed by atoms with Crippen molar-refractivity contribution >= 4 is 5.97 Å². The van der Waals surface area contributed by atoms with Gasteiger partial charge in [-0.15, -0.1) is 0 Å². The molecule has 158 valence electrons. The van der Waals surface area contributed by atoms with Gasteiger partial charge < -0.3 is 49.6 Å². The van der Waals surface area contributed by atoms with Gasteiger partial charge >= 0.3 is 5.97 Å². The molecule has 27 heavy (non-hydrogen) atoms. The first kappa shape index (κ1) is 22.4. The van der Waals surface area contributed by atoms with E-state index in [1.165, 1.54) is 0 Å². The maximum absolute atomic E-state index is 11.8. The summed E-state index contributed by atoms with van der Waals surface area (Å²) in [6.45, 7) is 2.09. The molecule has 2 saturated heterocycles. The summed E-state index contributed by atoms with van der Waals surface area (Å²) in [5, 5.41) is 58.9. The van der Waals surface area contributed by atoms with Crippen LogP contribution in [0.5, 0.6) is 0 Å². The second-order valence-electron chi connectivity index (χ2n) is 7.32. The smallest absolute Gasteiger partial charge is 0.308 e. The third-order valence-electron chi connectivity index (χ3n) is 4.50. The van der Waals surface area contributed by atoms with Crippen molar-refractivity contribution in [3.63, 3.8) is 0 Å². The van der Waals surface area contributed by atoms with Gasteiger partial charge in [0, 0.05) is 6.42 Å². The van der Waals surface area contributed by atoms with Gasteiger partial charge in [-0.05, 0) is 5.92 Å². The van der Waals surface area contributed by atoms with Crippen molar-refractivity contribution in [2.45, 2.75) is 69.0 Å². The summed E-state index contributed by atoms with van der Waals surface area (Å²) >= 11 is 0. The van der Waals surface area contributed by atoms with Crippen LogP contribution >= 0.6 is 0 Å². The van der Waals surface area contributed by atoms with Gasteiger partial charge in [0.15, 0.2) is 6.29 Å². The maximum atomic E-state index is 11.8. The summed E-state index contributed by atoms with van der Waals surface area (Å²) in [7, 11) is 0. The van der Waals surface area contributed by atoms with Crippen LogP contribution in [-0.2, 0) is 23.7 Å². The Hall–Kier alpha value is -0.890. The average molecular weight is 396 g/mol. The van der Waals surface area contributed by atoms with E-state index in [4.69, 9.17) is 24.1 Å². The number of hydrogen-bond donors (Lipinski definition) is 6. The van der Waals surface area contributed by atoms with Crippen LogP contribution in [0.4, 0.5) is 0 Å². The van der Waals surface area contributed by atoms with E-state index in [2.05, 4.69) is 0 Å². The molecule has 11 heteroatoms. The van der Waals surface area contributed by atoms with Crippen molar-refractivity contribution in [3.05, 3.63) is 0 Å². The molecule has 0 aromatic rings. The lowest BCUT2D eigenvalue weighted by molar-refractivity contribution is -0.301. The molecule has 11 nitrogen and oxygen atoms in total. The molecule has 0 spiro atoms. The minimum absolute atomic E-state index is 0.0131. The van der Waals surface area contributed by atoms with Crippen molar-refractivity contribution in [1.29, 1.82) is 0 Å². The average Bonchev–Trinajstić information content (AvgIpc) is 2.89. The van der Waals surface area contributed by atoms with Gasteiger partial charge in [-0.1, -0.05) is 13.8 Å². The molecule has 0 radical (unpaired) electrons. The fourth-order valence-corrected chi connectivity index (χ4v) is 2.79.